The molecule has 2 aromatic carbocycles. The zero-order chi connectivity index (χ0) is 23.8. The van der Waals surface area contributed by atoms with Crippen molar-refractivity contribution in [2.75, 3.05) is 36.5 Å². The molecule has 1 saturated heterocycles. The second-order valence-corrected chi connectivity index (χ2v) is 7.66. The van der Waals surface area contributed by atoms with Gasteiger partial charge in [-0.1, -0.05) is 0 Å². The minimum Gasteiger partial charge on any atom is -0.378 e. The van der Waals surface area contributed by atoms with Crippen LogP contribution in [0.4, 0.5) is 30.4 Å². The maximum absolute atomic E-state index is 13.3. The van der Waals surface area contributed by atoms with Gasteiger partial charge in [-0.3, -0.25) is 14.9 Å². The van der Waals surface area contributed by atoms with E-state index in [1.165, 1.54) is 0 Å². The molecule has 12 heteroatoms. The first-order chi connectivity index (χ1) is 15.6. The average molecular weight is 463 g/mol. The van der Waals surface area contributed by atoms with Gasteiger partial charge in [0.1, 0.15) is 0 Å². The van der Waals surface area contributed by atoms with Crippen LogP contribution in [0.5, 0.6) is 0 Å². The summed E-state index contributed by atoms with van der Waals surface area (Å²) in [5.41, 5.74) is -1.28. The Morgan fingerprint density at radius 2 is 1.91 bits per heavy atom. The number of benzene rings is 2. The van der Waals surface area contributed by atoms with E-state index in [-0.39, 0.29) is 11.4 Å². The Morgan fingerprint density at radius 3 is 2.58 bits per heavy atom. The molecule has 0 radical (unpaired) electrons. The molecular weight excluding hydrogens is 443 g/mol. The van der Waals surface area contributed by atoms with E-state index < -0.39 is 34.0 Å². The normalized spacial score (nSPS) is 15.5. The lowest BCUT2D eigenvalue weighted by molar-refractivity contribution is -0.385. The predicted molar refractivity (Wildman–Crippen MR) is 116 cm³/mol. The molecule has 2 heterocycles. The van der Waals surface area contributed by atoms with Crippen LogP contribution in [0.2, 0.25) is 0 Å². The van der Waals surface area contributed by atoms with E-state index in [0.717, 1.165) is 17.8 Å². The Hall–Kier alpha value is -3.67. The number of hydrogen-bond acceptors (Lipinski definition) is 7. The van der Waals surface area contributed by atoms with Crippen molar-refractivity contribution in [3.8, 4) is 0 Å². The first kappa shape index (κ1) is 22.5. The fourth-order valence-electron chi connectivity index (χ4n) is 3.72. The maximum Gasteiger partial charge on any atom is 0.416 e. The Morgan fingerprint density at radius 1 is 1.18 bits per heavy atom. The van der Waals surface area contributed by atoms with Crippen molar-refractivity contribution in [2.24, 2.45) is 0 Å². The molecule has 0 saturated carbocycles. The van der Waals surface area contributed by atoms with E-state index in [1.807, 2.05) is 6.07 Å². The largest absolute Gasteiger partial charge is 0.416 e. The van der Waals surface area contributed by atoms with Gasteiger partial charge < -0.3 is 15.0 Å². The third-order valence-electron chi connectivity index (χ3n) is 5.48. The number of nitro groups is 1. The van der Waals surface area contributed by atoms with Gasteiger partial charge >= 0.3 is 6.18 Å². The third kappa shape index (κ3) is 4.75. The summed E-state index contributed by atoms with van der Waals surface area (Å²) in [7, 11) is 0. The number of aromatic nitrogens is 2. The summed E-state index contributed by atoms with van der Waals surface area (Å²) < 4.78 is 45.2. The van der Waals surface area contributed by atoms with Crippen LogP contribution in [0.1, 0.15) is 24.1 Å². The lowest BCUT2D eigenvalue weighted by Gasteiger charge is -2.29. The highest BCUT2D eigenvalue weighted by atomic mass is 19.4. The van der Waals surface area contributed by atoms with Crippen LogP contribution in [-0.2, 0) is 10.9 Å². The molecule has 1 aliphatic rings. The van der Waals surface area contributed by atoms with Crippen LogP contribution in [0.25, 0.3) is 10.8 Å². The Labute approximate surface area is 185 Å². The van der Waals surface area contributed by atoms with E-state index in [2.05, 4.69) is 20.4 Å². The highest BCUT2D eigenvalue weighted by Crippen LogP contribution is 2.35. The molecule has 0 unspecified atom stereocenters. The summed E-state index contributed by atoms with van der Waals surface area (Å²) in [4.78, 5) is 24.7. The van der Waals surface area contributed by atoms with Crippen molar-refractivity contribution in [1.82, 2.24) is 10.2 Å². The van der Waals surface area contributed by atoms with Crippen LogP contribution < -0.4 is 15.8 Å². The number of rotatable bonds is 5. The SMILES string of the molecule is C[C@@H](Nc1n[nH]c(=O)c2ccc(N3CCOCC3)cc12)c1cc([N+](=O)[O-])cc(C(F)(F)F)c1. The summed E-state index contributed by atoms with van der Waals surface area (Å²) in [6.45, 7) is 4.05. The number of halogens is 3. The zero-order valence-corrected chi connectivity index (χ0v) is 17.5. The van der Waals surface area contributed by atoms with Crippen LogP contribution in [0, 0.1) is 10.1 Å². The number of non-ortho nitro benzene ring substituents is 1. The Balaban J connectivity index is 1.72. The highest BCUT2D eigenvalue weighted by molar-refractivity contribution is 5.93. The number of anilines is 2. The Kier molecular flexibility index (Phi) is 5.93. The quantitative estimate of drug-likeness (QED) is 0.436. The number of H-pyrrole nitrogens is 1. The molecule has 1 aromatic heterocycles. The van der Waals surface area contributed by atoms with Crippen molar-refractivity contribution < 1.29 is 22.8 Å². The van der Waals surface area contributed by atoms with E-state index in [1.54, 1.807) is 19.1 Å². The van der Waals surface area contributed by atoms with E-state index in [4.69, 9.17) is 4.74 Å². The van der Waals surface area contributed by atoms with Gasteiger partial charge in [0.15, 0.2) is 5.82 Å². The third-order valence-corrected chi connectivity index (χ3v) is 5.48. The number of aromatic amines is 1. The Bertz CT molecular complexity index is 1250. The number of ether oxygens (including phenoxy) is 1. The molecular formula is C21H20F3N5O4. The molecule has 1 fully saturated rings. The molecule has 174 valence electrons. The summed E-state index contributed by atoms with van der Waals surface area (Å²) in [6, 6.07) is 6.92. The van der Waals surface area contributed by atoms with Crippen molar-refractivity contribution in [3.63, 3.8) is 0 Å². The summed E-state index contributed by atoms with van der Waals surface area (Å²) in [5.74, 6) is 0.243. The van der Waals surface area contributed by atoms with E-state index >= 15 is 0 Å². The molecule has 0 bridgehead atoms. The van der Waals surface area contributed by atoms with Gasteiger partial charge in [0.05, 0.1) is 35.1 Å². The van der Waals surface area contributed by atoms with Crippen molar-refractivity contribution in [2.45, 2.75) is 19.1 Å². The second kappa shape index (κ2) is 8.70. The fourth-order valence-corrected chi connectivity index (χ4v) is 3.72. The van der Waals surface area contributed by atoms with E-state index in [9.17, 15) is 28.1 Å². The van der Waals surface area contributed by atoms with Crippen molar-refractivity contribution in [3.05, 3.63) is 68.0 Å². The number of nitro benzene ring substituents is 1. The van der Waals surface area contributed by atoms with Crippen LogP contribution in [0.3, 0.4) is 0 Å². The van der Waals surface area contributed by atoms with Gasteiger partial charge in [-0.15, -0.1) is 0 Å². The molecule has 9 nitrogen and oxygen atoms in total. The number of fused-ring (bicyclic) bond motifs is 1. The highest BCUT2D eigenvalue weighted by Gasteiger charge is 2.33. The zero-order valence-electron chi connectivity index (χ0n) is 17.5. The van der Waals surface area contributed by atoms with Crippen LogP contribution >= 0.6 is 0 Å². The van der Waals surface area contributed by atoms with Gasteiger partial charge in [0.25, 0.3) is 11.2 Å². The predicted octanol–water partition coefficient (Wildman–Crippen LogP) is 3.86. The standard InChI is InChI=1S/C21H20F3N5O4/c1-12(13-8-14(21(22,23)24)10-16(9-13)29(31)32)25-19-18-11-15(28-4-6-33-7-5-28)2-3-17(18)20(30)27-26-19/h2-3,8-12H,4-7H2,1H3,(H,25,26)(H,27,30)/t12-/m1/s1. The van der Waals surface area contributed by atoms with E-state index in [0.29, 0.717) is 43.1 Å². The number of alkyl halides is 3. The monoisotopic (exact) mass is 463 g/mol. The maximum atomic E-state index is 13.3. The molecule has 0 spiro atoms. The van der Waals surface area contributed by atoms with Gasteiger partial charge in [-0.05, 0) is 36.8 Å². The number of morpholine rings is 1. The summed E-state index contributed by atoms with van der Waals surface area (Å²) >= 11 is 0. The van der Waals surface area contributed by atoms with Crippen LogP contribution in [-0.4, -0.2) is 41.4 Å². The molecule has 3 aromatic rings. The average Bonchev–Trinajstić information content (AvgIpc) is 2.80. The summed E-state index contributed by atoms with van der Waals surface area (Å²) in [6.07, 6.45) is -4.74. The first-order valence-electron chi connectivity index (χ1n) is 10.1. The van der Waals surface area contributed by atoms with Gasteiger partial charge in [0, 0.05) is 36.3 Å². The molecule has 4 rings (SSSR count). The fraction of sp³-hybridized carbons (Fsp3) is 0.333. The molecule has 1 atom stereocenters. The van der Waals surface area contributed by atoms with Crippen LogP contribution in [0.15, 0.2) is 41.2 Å². The minimum atomic E-state index is -4.74. The van der Waals surface area contributed by atoms with Gasteiger partial charge in [-0.2, -0.15) is 18.3 Å². The van der Waals surface area contributed by atoms with Crippen molar-refractivity contribution in [1.29, 1.82) is 0 Å². The lowest BCUT2D eigenvalue weighted by Crippen LogP contribution is -2.36. The molecule has 0 amide bonds. The number of hydrogen-bond donors (Lipinski definition) is 2. The molecule has 1 aliphatic heterocycles. The van der Waals surface area contributed by atoms with Crippen molar-refractivity contribution >= 4 is 28.0 Å². The molecule has 33 heavy (non-hydrogen) atoms. The smallest absolute Gasteiger partial charge is 0.378 e. The van der Waals surface area contributed by atoms with Gasteiger partial charge in [-0.25, -0.2) is 5.10 Å². The lowest BCUT2D eigenvalue weighted by atomic mass is 10.0. The number of nitrogens with zero attached hydrogens (tertiary/aromatic N) is 3. The van der Waals surface area contributed by atoms with Gasteiger partial charge in [0.2, 0.25) is 0 Å². The first-order valence-corrected chi connectivity index (χ1v) is 10.1. The molecule has 2 N–H and O–H groups in total. The second-order valence-electron chi connectivity index (χ2n) is 7.66. The summed E-state index contributed by atoms with van der Waals surface area (Å²) in [5, 5.41) is 21.4. The topological polar surface area (TPSA) is 113 Å². The minimum absolute atomic E-state index is 0.0574. The molecule has 0 aliphatic carbocycles. The number of nitrogens with one attached hydrogen (secondary N) is 2.